The summed E-state index contributed by atoms with van der Waals surface area (Å²) >= 11 is 6.55. The zero-order valence-electron chi connectivity index (χ0n) is 16.5. The largest absolute Gasteiger partial charge is 0.496 e. The quantitative estimate of drug-likeness (QED) is 0.466. The summed E-state index contributed by atoms with van der Waals surface area (Å²) in [4.78, 5) is 9.16. The SMILES string of the molecule is COCCc1nc(Cl)c2c3cc(OC)c(-c4c(C)noc4C)cc3n(C)c2n1. The van der Waals surface area contributed by atoms with Crippen molar-refractivity contribution in [2.75, 3.05) is 20.8 Å². The lowest BCUT2D eigenvalue weighted by atomic mass is 10.0. The number of rotatable bonds is 5. The lowest BCUT2D eigenvalue weighted by Gasteiger charge is -2.09. The van der Waals surface area contributed by atoms with Gasteiger partial charge >= 0.3 is 0 Å². The zero-order chi connectivity index (χ0) is 20.0. The van der Waals surface area contributed by atoms with E-state index in [1.807, 2.05) is 31.5 Å². The number of fused-ring (bicyclic) bond motifs is 3. The normalized spacial score (nSPS) is 11.6. The highest BCUT2D eigenvalue weighted by Crippen LogP contribution is 2.41. The average molecular weight is 401 g/mol. The van der Waals surface area contributed by atoms with Crippen molar-refractivity contribution in [3.05, 3.63) is 34.6 Å². The number of methoxy groups -OCH3 is 2. The third-order valence-electron chi connectivity index (χ3n) is 4.99. The molecule has 0 N–H and O–H groups in total. The number of benzene rings is 1. The molecule has 0 atom stereocenters. The molecule has 1 aromatic carbocycles. The molecule has 28 heavy (non-hydrogen) atoms. The van der Waals surface area contributed by atoms with E-state index < -0.39 is 0 Å². The van der Waals surface area contributed by atoms with Crippen molar-refractivity contribution in [3.63, 3.8) is 0 Å². The standard InChI is InChI=1S/C20H21ClN4O3/c1-10-17(11(2)28-24-10)13-8-14-12(9-15(13)27-5)18-19(21)22-16(6-7-26-4)23-20(18)25(14)3/h8-9H,6-7H2,1-5H3. The summed E-state index contributed by atoms with van der Waals surface area (Å²) in [6, 6.07) is 4.04. The van der Waals surface area contributed by atoms with Gasteiger partial charge in [-0.3, -0.25) is 0 Å². The molecule has 7 nitrogen and oxygen atoms in total. The van der Waals surface area contributed by atoms with E-state index in [1.54, 1.807) is 14.2 Å². The Bertz CT molecular complexity index is 1180. The van der Waals surface area contributed by atoms with Gasteiger partial charge in [0, 0.05) is 31.5 Å². The maximum absolute atomic E-state index is 6.55. The van der Waals surface area contributed by atoms with Crippen molar-refractivity contribution in [1.29, 1.82) is 0 Å². The second kappa shape index (κ2) is 7.07. The Hall–Kier alpha value is -2.64. The molecule has 4 rings (SSSR count). The highest BCUT2D eigenvalue weighted by molar-refractivity contribution is 6.36. The second-order valence-corrected chi connectivity index (χ2v) is 7.06. The summed E-state index contributed by atoms with van der Waals surface area (Å²) in [7, 11) is 5.27. The van der Waals surface area contributed by atoms with E-state index in [0.29, 0.717) is 29.8 Å². The number of aromatic nitrogens is 4. The predicted molar refractivity (Wildman–Crippen MR) is 108 cm³/mol. The number of hydrogen-bond donors (Lipinski definition) is 0. The van der Waals surface area contributed by atoms with E-state index >= 15 is 0 Å². The topological polar surface area (TPSA) is 75.2 Å². The molecule has 146 valence electrons. The maximum atomic E-state index is 6.55. The van der Waals surface area contributed by atoms with Gasteiger partial charge in [0.05, 0.1) is 35.9 Å². The van der Waals surface area contributed by atoms with Crippen molar-refractivity contribution < 1.29 is 14.0 Å². The predicted octanol–water partition coefficient (Wildman–Crippen LogP) is 4.24. The first-order valence-electron chi connectivity index (χ1n) is 8.91. The molecule has 3 aromatic heterocycles. The van der Waals surface area contributed by atoms with Crippen molar-refractivity contribution in [2.24, 2.45) is 7.05 Å². The number of ether oxygens (including phenoxy) is 2. The molecule has 0 spiro atoms. The third-order valence-corrected chi connectivity index (χ3v) is 5.26. The Morgan fingerprint density at radius 2 is 1.96 bits per heavy atom. The third kappa shape index (κ3) is 2.82. The van der Waals surface area contributed by atoms with Gasteiger partial charge in [-0.2, -0.15) is 0 Å². The first-order chi connectivity index (χ1) is 13.5. The lowest BCUT2D eigenvalue weighted by molar-refractivity contribution is 0.200. The fourth-order valence-corrected chi connectivity index (χ4v) is 3.92. The first-order valence-corrected chi connectivity index (χ1v) is 9.28. The minimum atomic E-state index is 0.425. The van der Waals surface area contributed by atoms with Gasteiger partial charge in [0.25, 0.3) is 0 Å². The van der Waals surface area contributed by atoms with Crippen LogP contribution in [0, 0.1) is 13.8 Å². The second-order valence-electron chi connectivity index (χ2n) is 6.70. The summed E-state index contributed by atoms with van der Waals surface area (Å²) in [5.74, 6) is 2.12. The van der Waals surface area contributed by atoms with Gasteiger partial charge in [-0.25, -0.2) is 9.97 Å². The number of nitrogens with zero attached hydrogens (tertiary/aromatic N) is 4. The van der Waals surface area contributed by atoms with Crippen LogP contribution in [-0.2, 0) is 18.2 Å². The zero-order valence-corrected chi connectivity index (χ0v) is 17.2. The van der Waals surface area contributed by atoms with Crippen molar-refractivity contribution >= 4 is 33.5 Å². The molecule has 0 saturated heterocycles. The van der Waals surface area contributed by atoms with Crippen LogP contribution >= 0.6 is 11.6 Å². The molecule has 0 aliphatic rings. The summed E-state index contributed by atoms with van der Waals surface area (Å²) in [6.45, 7) is 4.35. The van der Waals surface area contributed by atoms with E-state index in [4.69, 9.17) is 30.6 Å². The molecular formula is C20H21ClN4O3. The number of halogens is 1. The van der Waals surface area contributed by atoms with Crippen LogP contribution in [0.5, 0.6) is 5.75 Å². The minimum Gasteiger partial charge on any atom is -0.496 e. The summed E-state index contributed by atoms with van der Waals surface area (Å²) < 4.78 is 18.2. The van der Waals surface area contributed by atoms with Crippen LogP contribution in [0.25, 0.3) is 33.1 Å². The van der Waals surface area contributed by atoms with Crippen molar-refractivity contribution in [2.45, 2.75) is 20.3 Å². The highest BCUT2D eigenvalue weighted by atomic mass is 35.5. The van der Waals surface area contributed by atoms with Crippen LogP contribution in [0.2, 0.25) is 5.15 Å². The van der Waals surface area contributed by atoms with Gasteiger partial charge in [-0.15, -0.1) is 0 Å². The smallest absolute Gasteiger partial charge is 0.146 e. The van der Waals surface area contributed by atoms with Gasteiger partial charge in [-0.1, -0.05) is 16.8 Å². The monoisotopic (exact) mass is 400 g/mol. The first kappa shape index (κ1) is 18.7. The summed E-state index contributed by atoms with van der Waals surface area (Å²) in [6.07, 6.45) is 0.599. The molecular weight excluding hydrogens is 380 g/mol. The van der Waals surface area contributed by atoms with Crippen LogP contribution in [0.1, 0.15) is 17.3 Å². The van der Waals surface area contributed by atoms with Crippen LogP contribution in [0.4, 0.5) is 0 Å². The Kier molecular flexibility index (Phi) is 4.72. The Balaban J connectivity index is 2.03. The van der Waals surface area contributed by atoms with Crippen LogP contribution in [0.15, 0.2) is 16.7 Å². The molecule has 0 fully saturated rings. The van der Waals surface area contributed by atoms with E-state index in [-0.39, 0.29) is 0 Å². The maximum Gasteiger partial charge on any atom is 0.146 e. The molecule has 0 amide bonds. The minimum absolute atomic E-state index is 0.425. The molecule has 0 bridgehead atoms. The van der Waals surface area contributed by atoms with Gasteiger partial charge in [0.2, 0.25) is 0 Å². The molecule has 4 aromatic rings. The lowest BCUT2D eigenvalue weighted by Crippen LogP contribution is -2.02. The number of aryl methyl sites for hydroxylation is 3. The van der Waals surface area contributed by atoms with Crippen LogP contribution in [-0.4, -0.2) is 40.5 Å². The summed E-state index contributed by atoms with van der Waals surface area (Å²) in [5, 5.41) is 6.25. The van der Waals surface area contributed by atoms with Gasteiger partial charge in [0.1, 0.15) is 28.1 Å². The Labute approximate surface area is 167 Å². The molecule has 8 heteroatoms. The fraction of sp³-hybridized carbons (Fsp3) is 0.350. The van der Waals surface area contributed by atoms with Gasteiger partial charge in [-0.05, 0) is 26.0 Å². The van der Waals surface area contributed by atoms with Crippen molar-refractivity contribution in [3.8, 4) is 16.9 Å². The Morgan fingerprint density at radius 1 is 1.18 bits per heavy atom. The van der Waals surface area contributed by atoms with Crippen LogP contribution < -0.4 is 4.74 Å². The highest BCUT2D eigenvalue weighted by Gasteiger charge is 2.21. The Morgan fingerprint density at radius 3 is 2.61 bits per heavy atom. The average Bonchev–Trinajstić information content (AvgIpc) is 3.16. The number of hydrogen-bond acceptors (Lipinski definition) is 6. The van der Waals surface area contributed by atoms with E-state index in [9.17, 15) is 0 Å². The molecule has 3 heterocycles. The molecule has 0 unspecified atom stereocenters. The summed E-state index contributed by atoms with van der Waals surface area (Å²) in [5.41, 5.74) is 4.42. The van der Waals surface area contributed by atoms with E-state index in [2.05, 4.69) is 16.2 Å². The van der Waals surface area contributed by atoms with Crippen molar-refractivity contribution in [1.82, 2.24) is 19.7 Å². The van der Waals surface area contributed by atoms with Gasteiger partial charge in [0.15, 0.2) is 0 Å². The fourth-order valence-electron chi connectivity index (χ4n) is 3.64. The molecule has 0 radical (unpaired) electrons. The molecule has 0 saturated carbocycles. The van der Waals surface area contributed by atoms with Gasteiger partial charge < -0.3 is 18.6 Å². The van der Waals surface area contributed by atoms with E-state index in [0.717, 1.165) is 44.5 Å². The molecule has 0 aliphatic heterocycles. The van der Waals surface area contributed by atoms with Crippen LogP contribution in [0.3, 0.4) is 0 Å². The van der Waals surface area contributed by atoms with E-state index in [1.165, 1.54) is 0 Å². The molecule has 0 aliphatic carbocycles.